The predicted octanol–water partition coefficient (Wildman–Crippen LogP) is 1.04. The van der Waals surface area contributed by atoms with Crippen LogP contribution < -0.4 is 10.2 Å². The highest BCUT2D eigenvalue weighted by Crippen LogP contribution is 2.34. The first-order valence-corrected chi connectivity index (χ1v) is 8.85. The lowest BCUT2D eigenvalue weighted by Crippen LogP contribution is -2.46. The fourth-order valence-electron chi connectivity index (χ4n) is 4.16. The maximum absolute atomic E-state index is 12.5. The van der Waals surface area contributed by atoms with Crippen LogP contribution in [0.5, 0.6) is 0 Å². The van der Waals surface area contributed by atoms with Crippen molar-refractivity contribution in [3.05, 3.63) is 18.1 Å². The summed E-state index contributed by atoms with van der Waals surface area (Å²) in [4.78, 5) is 25.3. The van der Waals surface area contributed by atoms with Gasteiger partial charge in [-0.3, -0.25) is 0 Å². The van der Waals surface area contributed by atoms with E-state index in [1.54, 1.807) is 6.33 Å². The molecule has 130 valence electrons. The van der Waals surface area contributed by atoms with Crippen molar-refractivity contribution in [1.29, 1.82) is 0 Å². The summed E-state index contributed by atoms with van der Waals surface area (Å²) in [6.07, 6.45) is 5.33. The van der Waals surface area contributed by atoms with E-state index in [1.165, 1.54) is 0 Å². The average molecular weight is 331 g/mol. The molecular formula is C17H25N5O2. The van der Waals surface area contributed by atoms with Crippen LogP contribution in [0.4, 0.5) is 10.6 Å². The third-order valence-electron chi connectivity index (χ3n) is 5.49. The number of fused-ring (bicyclic) bond motifs is 1. The van der Waals surface area contributed by atoms with Gasteiger partial charge >= 0.3 is 6.03 Å². The molecule has 7 nitrogen and oxygen atoms in total. The van der Waals surface area contributed by atoms with E-state index in [4.69, 9.17) is 4.74 Å². The Bertz CT molecular complexity index is 590. The van der Waals surface area contributed by atoms with Gasteiger partial charge in [0.15, 0.2) is 0 Å². The molecular weight excluding hydrogens is 306 g/mol. The Morgan fingerprint density at radius 1 is 1.21 bits per heavy atom. The van der Waals surface area contributed by atoms with Gasteiger partial charge in [0.25, 0.3) is 0 Å². The molecule has 0 saturated carbocycles. The minimum absolute atomic E-state index is 0.0982. The summed E-state index contributed by atoms with van der Waals surface area (Å²) in [6.45, 7) is 7.21. The molecule has 3 fully saturated rings. The van der Waals surface area contributed by atoms with Crippen molar-refractivity contribution < 1.29 is 9.53 Å². The van der Waals surface area contributed by atoms with Crippen molar-refractivity contribution in [1.82, 2.24) is 20.2 Å². The van der Waals surface area contributed by atoms with Crippen LogP contribution >= 0.6 is 0 Å². The zero-order valence-corrected chi connectivity index (χ0v) is 14.1. The van der Waals surface area contributed by atoms with Crippen LogP contribution in [-0.2, 0) is 4.74 Å². The molecule has 1 aromatic rings. The van der Waals surface area contributed by atoms with Crippen LogP contribution in [0.1, 0.15) is 18.4 Å². The van der Waals surface area contributed by atoms with Gasteiger partial charge in [-0.25, -0.2) is 14.8 Å². The molecule has 2 atom stereocenters. The zero-order valence-electron chi connectivity index (χ0n) is 14.1. The summed E-state index contributed by atoms with van der Waals surface area (Å²) in [7, 11) is 0. The van der Waals surface area contributed by atoms with E-state index in [9.17, 15) is 4.79 Å². The van der Waals surface area contributed by atoms with Gasteiger partial charge in [0, 0.05) is 69.0 Å². The standard InChI is InChI=1S/C17H25N5O2/c1-12-6-18-11-19-16(12)21-7-13-9-22(10-14(13)8-21)17(23)20-15-2-4-24-5-3-15/h6,11,13-15H,2-5,7-10H2,1H3,(H,20,23). The maximum Gasteiger partial charge on any atom is 0.317 e. The van der Waals surface area contributed by atoms with Crippen LogP contribution in [0.15, 0.2) is 12.5 Å². The first-order valence-electron chi connectivity index (χ1n) is 8.85. The average Bonchev–Trinajstić information content (AvgIpc) is 3.15. The third kappa shape index (κ3) is 3.05. The van der Waals surface area contributed by atoms with Crippen molar-refractivity contribution in [3.8, 4) is 0 Å². The molecule has 3 aliphatic heterocycles. The molecule has 0 aromatic carbocycles. The largest absolute Gasteiger partial charge is 0.381 e. The molecule has 2 amide bonds. The molecule has 4 rings (SSSR count). The maximum atomic E-state index is 12.5. The van der Waals surface area contributed by atoms with Crippen molar-refractivity contribution >= 4 is 11.8 Å². The molecule has 3 aliphatic rings. The van der Waals surface area contributed by atoms with Crippen molar-refractivity contribution in [2.24, 2.45) is 11.8 Å². The quantitative estimate of drug-likeness (QED) is 0.877. The monoisotopic (exact) mass is 331 g/mol. The molecule has 3 saturated heterocycles. The topological polar surface area (TPSA) is 70.6 Å². The van der Waals surface area contributed by atoms with Gasteiger partial charge in [0.05, 0.1) is 0 Å². The number of aromatic nitrogens is 2. The predicted molar refractivity (Wildman–Crippen MR) is 89.9 cm³/mol. The lowest BCUT2D eigenvalue weighted by molar-refractivity contribution is 0.0784. The van der Waals surface area contributed by atoms with E-state index >= 15 is 0 Å². The van der Waals surface area contributed by atoms with E-state index in [-0.39, 0.29) is 12.1 Å². The van der Waals surface area contributed by atoms with Crippen LogP contribution in [0.25, 0.3) is 0 Å². The summed E-state index contributed by atoms with van der Waals surface area (Å²) in [5.74, 6) is 2.12. The molecule has 1 aromatic heterocycles. The number of carbonyl (C=O) groups is 1. The van der Waals surface area contributed by atoms with Crippen molar-refractivity contribution in [2.45, 2.75) is 25.8 Å². The fourth-order valence-corrected chi connectivity index (χ4v) is 4.16. The van der Waals surface area contributed by atoms with Crippen molar-refractivity contribution in [3.63, 3.8) is 0 Å². The smallest absolute Gasteiger partial charge is 0.317 e. The van der Waals surface area contributed by atoms with E-state index in [0.29, 0.717) is 11.8 Å². The Labute approximate surface area is 142 Å². The van der Waals surface area contributed by atoms with Gasteiger partial charge in [-0.05, 0) is 19.8 Å². The Morgan fingerprint density at radius 2 is 1.92 bits per heavy atom. The number of nitrogens with zero attached hydrogens (tertiary/aromatic N) is 4. The van der Waals surface area contributed by atoms with Crippen molar-refractivity contribution in [2.75, 3.05) is 44.3 Å². The molecule has 24 heavy (non-hydrogen) atoms. The van der Waals surface area contributed by atoms with Crippen LogP contribution in [0.3, 0.4) is 0 Å². The van der Waals surface area contributed by atoms with Gasteiger partial charge in [-0.1, -0.05) is 0 Å². The number of nitrogens with one attached hydrogen (secondary N) is 1. The number of likely N-dealkylation sites (tertiary alicyclic amines) is 1. The summed E-state index contributed by atoms with van der Waals surface area (Å²) in [5.41, 5.74) is 1.12. The number of rotatable bonds is 2. The second-order valence-corrected chi connectivity index (χ2v) is 7.20. The summed E-state index contributed by atoms with van der Waals surface area (Å²) in [6, 6.07) is 0.368. The fraction of sp³-hybridized carbons (Fsp3) is 0.706. The Balaban J connectivity index is 1.32. The van der Waals surface area contributed by atoms with Gasteiger partial charge in [0.1, 0.15) is 12.1 Å². The number of amides is 2. The number of ether oxygens (including phenoxy) is 1. The number of anilines is 1. The lowest BCUT2D eigenvalue weighted by Gasteiger charge is -2.27. The van der Waals surface area contributed by atoms with E-state index in [2.05, 4.69) is 27.1 Å². The second kappa shape index (κ2) is 6.55. The third-order valence-corrected chi connectivity index (χ3v) is 5.49. The highest BCUT2D eigenvalue weighted by Gasteiger charge is 2.42. The minimum atomic E-state index is 0.0982. The summed E-state index contributed by atoms with van der Waals surface area (Å²) >= 11 is 0. The van der Waals surface area contributed by atoms with E-state index in [1.807, 2.05) is 11.1 Å². The number of carbonyl (C=O) groups excluding carboxylic acids is 1. The lowest BCUT2D eigenvalue weighted by atomic mass is 10.0. The van der Waals surface area contributed by atoms with Crippen LogP contribution in [0, 0.1) is 18.8 Å². The van der Waals surface area contributed by atoms with Crippen LogP contribution in [0.2, 0.25) is 0 Å². The number of hydrogen-bond acceptors (Lipinski definition) is 5. The molecule has 7 heteroatoms. The normalized spacial score (nSPS) is 27.4. The number of aryl methyl sites for hydroxylation is 1. The minimum Gasteiger partial charge on any atom is -0.381 e. The Morgan fingerprint density at radius 3 is 2.58 bits per heavy atom. The SMILES string of the molecule is Cc1cncnc1N1CC2CN(C(=O)NC3CCOCC3)CC2C1. The Hall–Kier alpha value is -1.89. The Kier molecular flexibility index (Phi) is 4.26. The van der Waals surface area contributed by atoms with Gasteiger partial charge in [0.2, 0.25) is 0 Å². The zero-order chi connectivity index (χ0) is 16.5. The molecule has 0 radical (unpaired) electrons. The summed E-state index contributed by atoms with van der Waals surface area (Å²) < 4.78 is 5.35. The van der Waals surface area contributed by atoms with Gasteiger partial charge in [-0.15, -0.1) is 0 Å². The van der Waals surface area contributed by atoms with E-state index in [0.717, 1.165) is 63.6 Å². The summed E-state index contributed by atoms with van der Waals surface area (Å²) in [5, 5.41) is 3.17. The first-order chi connectivity index (χ1) is 11.7. The van der Waals surface area contributed by atoms with Crippen LogP contribution in [-0.4, -0.2) is 66.3 Å². The first kappa shape index (κ1) is 15.6. The van der Waals surface area contributed by atoms with Gasteiger partial charge < -0.3 is 19.9 Å². The molecule has 0 bridgehead atoms. The number of hydrogen-bond donors (Lipinski definition) is 1. The number of urea groups is 1. The molecule has 4 heterocycles. The molecule has 0 aliphatic carbocycles. The second-order valence-electron chi connectivity index (χ2n) is 7.20. The molecule has 2 unspecified atom stereocenters. The van der Waals surface area contributed by atoms with Gasteiger partial charge in [-0.2, -0.15) is 0 Å². The highest BCUT2D eigenvalue weighted by atomic mass is 16.5. The highest BCUT2D eigenvalue weighted by molar-refractivity contribution is 5.75. The molecule has 0 spiro atoms. The molecule has 1 N–H and O–H groups in total. The van der Waals surface area contributed by atoms with E-state index < -0.39 is 0 Å².